The molecular formula is C24H27N3O3. The van der Waals surface area contributed by atoms with E-state index in [4.69, 9.17) is 4.74 Å². The highest BCUT2D eigenvalue weighted by Gasteiger charge is 2.18. The number of methoxy groups -OCH3 is 1. The van der Waals surface area contributed by atoms with Crippen molar-refractivity contribution in [3.63, 3.8) is 0 Å². The minimum atomic E-state index is -0.130. The highest BCUT2D eigenvalue weighted by atomic mass is 16.5. The van der Waals surface area contributed by atoms with E-state index in [1.54, 1.807) is 36.8 Å². The van der Waals surface area contributed by atoms with Crippen molar-refractivity contribution < 1.29 is 9.53 Å². The maximum absolute atomic E-state index is 13.0. The molecule has 6 nitrogen and oxygen atoms in total. The Kier molecular flexibility index (Phi) is 5.84. The third-order valence-electron chi connectivity index (χ3n) is 5.86. The van der Waals surface area contributed by atoms with E-state index in [0.29, 0.717) is 46.2 Å². The Balaban J connectivity index is 1.62. The Bertz CT molecular complexity index is 1130. The van der Waals surface area contributed by atoms with E-state index >= 15 is 0 Å². The number of aryl methyl sites for hydroxylation is 1. The lowest BCUT2D eigenvalue weighted by molar-refractivity contribution is -0.117. The number of amides is 1. The van der Waals surface area contributed by atoms with Crippen LogP contribution >= 0.6 is 0 Å². The molecule has 1 N–H and O–H groups in total. The minimum Gasteiger partial charge on any atom is -0.494 e. The van der Waals surface area contributed by atoms with Crippen LogP contribution in [0.25, 0.3) is 16.6 Å². The number of para-hydroxylation sites is 1. The number of carbonyl (C=O) groups excluding carboxylic acids is 1. The van der Waals surface area contributed by atoms with Crippen LogP contribution in [0, 0.1) is 12.8 Å². The van der Waals surface area contributed by atoms with Gasteiger partial charge in [0, 0.05) is 12.5 Å². The van der Waals surface area contributed by atoms with Crippen molar-refractivity contribution in [2.75, 3.05) is 12.4 Å². The van der Waals surface area contributed by atoms with Gasteiger partial charge in [-0.25, -0.2) is 4.98 Å². The van der Waals surface area contributed by atoms with Crippen LogP contribution in [0.4, 0.5) is 5.69 Å². The molecule has 1 amide bonds. The molecule has 1 aliphatic rings. The van der Waals surface area contributed by atoms with Crippen LogP contribution in [-0.4, -0.2) is 22.6 Å². The molecule has 1 fully saturated rings. The first-order valence-electron chi connectivity index (χ1n) is 10.5. The average molecular weight is 405 g/mol. The van der Waals surface area contributed by atoms with Crippen LogP contribution in [0.5, 0.6) is 5.75 Å². The Morgan fingerprint density at radius 1 is 1.17 bits per heavy atom. The van der Waals surface area contributed by atoms with Crippen LogP contribution in [0.2, 0.25) is 0 Å². The lowest BCUT2D eigenvalue weighted by Crippen LogP contribution is -2.22. The molecule has 0 saturated heterocycles. The first kappa shape index (κ1) is 20.1. The van der Waals surface area contributed by atoms with E-state index < -0.39 is 0 Å². The highest BCUT2D eigenvalue weighted by Crippen LogP contribution is 2.30. The van der Waals surface area contributed by atoms with E-state index in [2.05, 4.69) is 10.3 Å². The molecule has 30 heavy (non-hydrogen) atoms. The maximum atomic E-state index is 13.0. The van der Waals surface area contributed by atoms with Gasteiger partial charge in [0.25, 0.3) is 5.56 Å². The molecule has 0 aliphatic heterocycles. The van der Waals surface area contributed by atoms with Gasteiger partial charge in [-0.1, -0.05) is 31.4 Å². The fourth-order valence-corrected chi connectivity index (χ4v) is 4.32. The predicted molar refractivity (Wildman–Crippen MR) is 118 cm³/mol. The predicted octanol–water partition coefficient (Wildman–Crippen LogP) is 4.61. The molecule has 0 unspecified atom stereocenters. The zero-order valence-corrected chi connectivity index (χ0v) is 17.5. The molecule has 0 spiro atoms. The van der Waals surface area contributed by atoms with E-state index in [1.807, 2.05) is 24.3 Å². The van der Waals surface area contributed by atoms with Crippen LogP contribution in [0.3, 0.4) is 0 Å². The van der Waals surface area contributed by atoms with Gasteiger partial charge in [0.2, 0.25) is 5.91 Å². The zero-order chi connectivity index (χ0) is 21.1. The first-order chi connectivity index (χ1) is 14.6. The number of hydrogen-bond donors (Lipinski definition) is 1. The van der Waals surface area contributed by atoms with Crippen molar-refractivity contribution in [1.82, 2.24) is 9.55 Å². The topological polar surface area (TPSA) is 73.2 Å². The van der Waals surface area contributed by atoms with Crippen LogP contribution < -0.4 is 15.6 Å². The molecule has 0 atom stereocenters. The summed E-state index contributed by atoms with van der Waals surface area (Å²) in [6.45, 7) is 1.81. The fourth-order valence-electron chi connectivity index (χ4n) is 4.32. The van der Waals surface area contributed by atoms with Crippen LogP contribution in [-0.2, 0) is 4.79 Å². The van der Waals surface area contributed by atoms with Gasteiger partial charge < -0.3 is 10.1 Å². The quantitative estimate of drug-likeness (QED) is 0.673. The molecule has 3 aromatic rings. The van der Waals surface area contributed by atoms with Gasteiger partial charge in [0.15, 0.2) is 0 Å². The fraction of sp³-hybridized carbons (Fsp3) is 0.375. The molecule has 2 aromatic carbocycles. The number of ether oxygens (including phenoxy) is 1. The normalized spacial score (nSPS) is 14.6. The zero-order valence-electron chi connectivity index (χ0n) is 17.5. The number of fused-ring (bicyclic) bond motifs is 1. The summed E-state index contributed by atoms with van der Waals surface area (Å²) in [6.07, 6.45) is 6.49. The highest BCUT2D eigenvalue weighted by molar-refractivity contribution is 5.92. The van der Waals surface area contributed by atoms with E-state index in [1.165, 1.54) is 19.3 Å². The molecule has 6 heteroatoms. The van der Waals surface area contributed by atoms with Crippen molar-refractivity contribution in [3.05, 3.63) is 58.6 Å². The monoisotopic (exact) mass is 405 g/mol. The largest absolute Gasteiger partial charge is 0.494 e. The number of hydrogen-bond acceptors (Lipinski definition) is 4. The van der Waals surface area contributed by atoms with Crippen molar-refractivity contribution in [2.24, 2.45) is 5.92 Å². The second kappa shape index (κ2) is 8.69. The smallest absolute Gasteiger partial charge is 0.265 e. The summed E-state index contributed by atoms with van der Waals surface area (Å²) >= 11 is 0. The summed E-state index contributed by atoms with van der Waals surface area (Å²) < 4.78 is 7.08. The van der Waals surface area contributed by atoms with Gasteiger partial charge in [-0.2, -0.15) is 0 Å². The Morgan fingerprint density at radius 3 is 2.70 bits per heavy atom. The van der Waals surface area contributed by atoms with Crippen molar-refractivity contribution in [3.8, 4) is 11.4 Å². The third-order valence-corrected chi connectivity index (χ3v) is 5.86. The summed E-state index contributed by atoms with van der Waals surface area (Å²) in [5.74, 6) is 1.58. The lowest BCUT2D eigenvalue weighted by Gasteiger charge is -2.21. The summed E-state index contributed by atoms with van der Waals surface area (Å²) in [7, 11) is 1.56. The number of benzene rings is 2. The van der Waals surface area contributed by atoms with E-state index in [-0.39, 0.29) is 11.5 Å². The van der Waals surface area contributed by atoms with E-state index in [9.17, 15) is 9.59 Å². The van der Waals surface area contributed by atoms with Gasteiger partial charge in [0.05, 0.1) is 29.4 Å². The second-order valence-corrected chi connectivity index (χ2v) is 7.96. The Morgan fingerprint density at radius 2 is 1.93 bits per heavy atom. The number of nitrogens with zero attached hydrogens (tertiary/aromatic N) is 2. The number of anilines is 1. The van der Waals surface area contributed by atoms with Crippen LogP contribution in [0.15, 0.2) is 47.3 Å². The summed E-state index contributed by atoms with van der Waals surface area (Å²) in [6, 6.07) is 12.7. The lowest BCUT2D eigenvalue weighted by atomic mass is 9.87. The molecular weight excluding hydrogens is 378 g/mol. The average Bonchev–Trinajstić information content (AvgIpc) is 2.75. The first-order valence-corrected chi connectivity index (χ1v) is 10.5. The molecule has 4 rings (SSSR count). The van der Waals surface area contributed by atoms with Crippen molar-refractivity contribution in [1.29, 1.82) is 0 Å². The summed E-state index contributed by atoms with van der Waals surface area (Å²) in [5, 5.41) is 3.54. The molecule has 156 valence electrons. The Labute approximate surface area is 175 Å². The number of nitrogens with one attached hydrogen (secondary N) is 1. The minimum absolute atomic E-state index is 0.00803. The maximum Gasteiger partial charge on any atom is 0.265 e. The van der Waals surface area contributed by atoms with Crippen molar-refractivity contribution in [2.45, 2.75) is 45.4 Å². The van der Waals surface area contributed by atoms with Gasteiger partial charge >= 0.3 is 0 Å². The molecule has 1 heterocycles. The van der Waals surface area contributed by atoms with Gasteiger partial charge in [-0.15, -0.1) is 0 Å². The Hall–Kier alpha value is -3.15. The van der Waals surface area contributed by atoms with Gasteiger partial charge in [-0.05, 0) is 49.9 Å². The standard InChI is InChI=1S/C24H27N3O3/c1-16-25-20-11-7-6-10-19(20)24(29)27(16)18-12-13-21(22(15-18)30-2)26-23(28)14-17-8-4-3-5-9-17/h6-7,10-13,15,17H,3-5,8-9,14H2,1-2H3,(H,26,28). The number of carbonyl (C=O) groups is 1. The van der Waals surface area contributed by atoms with Gasteiger partial charge in [-0.3, -0.25) is 14.2 Å². The number of rotatable bonds is 5. The van der Waals surface area contributed by atoms with E-state index in [0.717, 1.165) is 12.8 Å². The van der Waals surface area contributed by atoms with Gasteiger partial charge in [0.1, 0.15) is 11.6 Å². The molecule has 1 aromatic heterocycles. The molecule has 0 bridgehead atoms. The molecule has 1 aliphatic carbocycles. The summed E-state index contributed by atoms with van der Waals surface area (Å²) in [5.41, 5.74) is 1.81. The van der Waals surface area contributed by atoms with Crippen molar-refractivity contribution >= 4 is 22.5 Å². The summed E-state index contributed by atoms with van der Waals surface area (Å²) in [4.78, 5) is 30.1. The third kappa shape index (κ3) is 4.08. The molecule has 1 saturated carbocycles. The number of aromatic nitrogens is 2. The SMILES string of the molecule is COc1cc(-n2c(C)nc3ccccc3c2=O)ccc1NC(=O)CC1CCCCC1. The molecule has 0 radical (unpaired) electrons. The second-order valence-electron chi connectivity index (χ2n) is 7.96. The van der Waals surface area contributed by atoms with Crippen LogP contribution in [0.1, 0.15) is 44.3 Å².